The fourth-order valence-corrected chi connectivity index (χ4v) is 15.2. The van der Waals surface area contributed by atoms with Gasteiger partial charge in [0.1, 0.15) is 61.0 Å². The van der Waals surface area contributed by atoms with Gasteiger partial charge in [-0.1, -0.05) is 60.1 Å². The van der Waals surface area contributed by atoms with Crippen LogP contribution in [0, 0.1) is 50.2 Å². The molecule has 0 spiro atoms. The van der Waals surface area contributed by atoms with Crippen molar-refractivity contribution in [3.8, 4) is 0 Å². The zero-order chi connectivity index (χ0) is 47.6. The fourth-order valence-electron chi connectivity index (χ4n) is 15.2. The second-order valence-corrected chi connectivity index (χ2v) is 23.5. The first kappa shape index (κ1) is 50.4. The van der Waals surface area contributed by atoms with Gasteiger partial charge in [0.05, 0.1) is 44.2 Å². The Labute approximate surface area is 383 Å². The van der Waals surface area contributed by atoms with Gasteiger partial charge in [-0.05, 0) is 97.2 Å². The van der Waals surface area contributed by atoms with Crippen molar-refractivity contribution in [2.24, 2.45) is 50.2 Å². The molecule has 8 aliphatic rings. The third-order valence-electron chi connectivity index (χ3n) is 19.3. The van der Waals surface area contributed by atoms with Crippen molar-refractivity contribution >= 4 is 0 Å². The van der Waals surface area contributed by atoms with Crippen LogP contribution in [-0.2, 0) is 33.2 Å². The average Bonchev–Trinajstić information content (AvgIpc) is 3.24. The molecule has 0 bridgehead atoms. The molecule has 0 aromatic carbocycles. The zero-order valence-corrected chi connectivity index (χ0v) is 39.7. The first-order valence-electron chi connectivity index (χ1n) is 24.2. The van der Waals surface area contributed by atoms with Crippen LogP contribution >= 0.6 is 0 Å². The molecule has 3 aliphatic heterocycles. The summed E-state index contributed by atoms with van der Waals surface area (Å²) in [7, 11) is 1.80. The minimum atomic E-state index is -1.80. The molecule has 7 fully saturated rings. The molecule has 17 nitrogen and oxygen atoms in total. The lowest BCUT2D eigenvalue weighted by atomic mass is 9.33. The van der Waals surface area contributed by atoms with E-state index in [1.54, 1.807) is 14.0 Å². The van der Waals surface area contributed by atoms with Gasteiger partial charge in [0.15, 0.2) is 18.9 Å². The highest BCUT2D eigenvalue weighted by atomic mass is 16.8. The summed E-state index contributed by atoms with van der Waals surface area (Å²) in [6, 6.07) is 0. The first-order chi connectivity index (χ1) is 30.4. The Balaban J connectivity index is 1.07. The summed E-state index contributed by atoms with van der Waals surface area (Å²) in [4.78, 5) is 0. The highest BCUT2D eigenvalue weighted by Crippen LogP contribution is 2.76. The fraction of sp³-hybridized carbons (Fsp3) is 0.958. The van der Waals surface area contributed by atoms with Gasteiger partial charge in [0.25, 0.3) is 0 Å². The van der Waals surface area contributed by atoms with Gasteiger partial charge < -0.3 is 84.2 Å². The number of methoxy groups -OCH3 is 1. The van der Waals surface area contributed by atoms with Crippen LogP contribution in [0.1, 0.15) is 107 Å². The molecule has 0 amide bonds. The molecule has 3 heterocycles. The molecule has 10 N–H and O–H groups in total. The van der Waals surface area contributed by atoms with E-state index >= 15 is 0 Å². The standard InChI is InChI=1S/C48H80O17/c1-22-31(53)34(56)37(65-42-38(35(57)33(55)27(19-49)62-42)64-40-36(58)32(54)25(51)20-60-40)41(61-22)63-30-11-12-45(6)28(44(30,4)5)10-13-46(7)39(45)26(59-9)16-23-24-17-43(2,3)14-15-48(24,21-50)29(52)18-47(23,46)8/h16,22,24-42,49-58H,10-15,17-21H2,1-9H3/t22-,24+,25-,26-,27-,28+,29-,30+,31+,32+,33-,34+,35+,36-,37-,38-,39-,40+,41+,42+,45+,46-,47-,48-/m1/s1. The molecule has 4 saturated carbocycles. The summed E-state index contributed by atoms with van der Waals surface area (Å²) >= 11 is 0. The van der Waals surface area contributed by atoms with Crippen molar-refractivity contribution in [3.63, 3.8) is 0 Å². The van der Waals surface area contributed by atoms with E-state index in [-0.39, 0.29) is 52.1 Å². The monoisotopic (exact) mass is 929 g/mol. The molecule has 24 atom stereocenters. The number of aliphatic hydroxyl groups is 10. The Morgan fingerprint density at radius 2 is 1.34 bits per heavy atom. The maximum Gasteiger partial charge on any atom is 0.187 e. The van der Waals surface area contributed by atoms with E-state index in [1.807, 2.05) is 0 Å². The maximum absolute atomic E-state index is 12.2. The SMILES string of the molecule is CO[C@@H]1C=C2[C@@H]3CC(C)(C)CC[C@]3(CO)[C@H](O)C[C@@]2(C)[C@]2(C)CC[C@H]3C(C)(C)[C@@H](O[C@@H]4O[C@H](C)[C@H](O)[C@H](O)[C@H]4O[C@@H]4O[C@H](CO)[C@@H](O)[C@H](O)[C@H]4O[C@@H]4OC[C@@H](O)[C@H](O)[C@H]4O)CC[C@]3(C)[C@@H]12. The lowest BCUT2D eigenvalue weighted by Crippen LogP contribution is -2.70. The normalized spacial score (nSPS) is 55.2. The van der Waals surface area contributed by atoms with E-state index in [9.17, 15) is 51.1 Å². The molecule has 0 aromatic rings. The lowest BCUT2D eigenvalue weighted by molar-refractivity contribution is -0.393. The Bertz CT molecular complexity index is 1730. The molecule has 0 aromatic heterocycles. The van der Waals surface area contributed by atoms with E-state index in [1.165, 1.54) is 5.57 Å². The smallest absolute Gasteiger partial charge is 0.187 e. The third kappa shape index (κ3) is 7.85. The highest BCUT2D eigenvalue weighted by molar-refractivity contribution is 5.37. The molecule has 8 rings (SSSR count). The van der Waals surface area contributed by atoms with E-state index in [2.05, 4.69) is 54.5 Å². The molecule has 3 saturated heterocycles. The summed E-state index contributed by atoms with van der Waals surface area (Å²) in [6.45, 7) is 16.6. The van der Waals surface area contributed by atoms with E-state index < -0.39 is 122 Å². The number of rotatable bonds is 9. The second-order valence-electron chi connectivity index (χ2n) is 23.5. The first-order valence-corrected chi connectivity index (χ1v) is 24.2. The molecular formula is C48H80O17. The summed E-state index contributed by atoms with van der Waals surface area (Å²) in [5.74, 6) is 0.232. The van der Waals surface area contributed by atoms with E-state index in [0.29, 0.717) is 12.8 Å². The quantitative estimate of drug-likeness (QED) is 0.114. The second kappa shape index (κ2) is 17.7. The van der Waals surface area contributed by atoms with Crippen molar-refractivity contribution in [1.82, 2.24) is 0 Å². The van der Waals surface area contributed by atoms with Crippen LogP contribution in [-0.4, -0.2) is 182 Å². The number of fused-ring (bicyclic) bond motifs is 7. The number of allylic oxidation sites excluding steroid dienone is 1. The summed E-state index contributed by atoms with van der Waals surface area (Å²) < 4.78 is 43.4. The number of hydrogen-bond acceptors (Lipinski definition) is 17. The predicted molar refractivity (Wildman–Crippen MR) is 230 cm³/mol. The third-order valence-corrected chi connectivity index (χ3v) is 19.3. The molecule has 0 radical (unpaired) electrons. The predicted octanol–water partition coefficient (Wildman–Crippen LogP) is 0.876. The Morgan fingerprint density at radius 3 is 1.98 bits per heavy atom. The van der Waals surface area contributed by atoms with Gasteiger partial charge >= 0.3 is 0 Å². The van der Waals surface area contributed by atoms with Gasteiger partial charge in [0, 0.05) is 18.4 Å². The van der Waals surface area contributed by atoms with Gasteiger partial charge in [-0.15, -0.1) is 0 Å². The Kier molecular flexibility index (Phi) is 13.8. The summed E-state index contributed by atoms with van der Waals surface area (Å²) in [5, 5.41) is 109. The summed E-state index contributed by atoms with van der Waals surface area (Å²) in [6.07, 6.45) is -13.9. The highest BCUT2D eigenvalue weighted by Gasteiger charge is 2.72. The van der Waals surface area contributed by atoms with Gasteiger partial charge in [0.2, 0.25) is 0 Å². The largest absolute Gasteiger partial charge is 0.396 e. The summed E-state index contributed by atoms with van der Waals surface area (Å²) in [5.41, 5.74) is -0.503. The number of hydrogen-bond donors (Lipinski definition) is 10. The molecule has 0 unspecified atom stereocenters. The van der Waals surface area contributed by atoms with Crippen LogP contribution in [0.5, 0.6) is 0 Å². The van der Waals surface area contributed by atoms with Crippen LogP contribution < -0.4 is 0 Å². The maximum atomic E-state index is 12.2. The Morgan fingerprint density at radius 1 is 0.692 bits per heavy atom. The average molecular weight is 929 g/mol. The minimum Gasteiger partial charge on any atom is -0.396 e. The van der Waals surface area contributed by atoms with Crippen LogP contribution in [0.15, 0.2) is 11.6 Å². The van der Waals surface area contributed by atoms with Crippen molar-refractivity contribution in [2.45, 2.75) is 211 Å². The zero-order valence-electron chi connectivity index (χ0n) is 39.7. The van der Waals surface area contributed by atoms with Crippen molar-refractivity contribution in [3.05, 3.63) is 11.6 Å². The van der Waals surface area contributed by atoms with Crippen LogP contribution in [0.25, 0.3) is 0 Å². The topological polar surface area (TPSA) is 267 Å². The van der Waals surface area contributed by atoms with E-state index in [4.69, 9.17) is 33.2 Å². The van der Waals surface area contributed by atoms with Gasteiger partial charge in [-0.3, -0.25) is 0 Å². The molecule has 5 aliphatic carbocycles. The molecule has 17 heteroatoms. The van der Waals surface area contributed by atoms with Crippen molar-refractivity contribution in [1.29, 1.82) is 0 Å². The minimum absolute atomic E-state index is 0.0336. The molecular weight excluding hydrogens is 849 g/mol. The molecule has 374 valence electrons. The van der Waals surface area contributed by atoms with Crippen molar-refractivity contribution in [2.75, 3.05) is 26.9 Å². The Hall–Kier alpha value is -0.940. The van der Waals surface area contributed by atoms with Crippen LogP contribution in [0.2, 0.25) is 0 Å². The van der Waals surface area contributed by atoms with E-state index in [0.717, 1.165) is 38.5 Å². The van der Waals surface area contributed by atoms with Crippen LogP contribution in [0.4, 0.5) is 0 Å². The van der Waals surface area contributed by atoms with Crippen molar-refractivity contribution < 1.29 is 84.2 Å². The van der Waals surface area contributed by atoms with Gasteiger partial charge in [-0.2, -0.15) is 0 Å². The van der Waals surface area contributed by atoms with Gasteiger partial charge in [-0.25, -0.2) is 0 Å². The number of aliphatic hydroxyl groups excluding tert-OH is 10. The molecule has 65 heavy (non-hydrogen) atoms. The number of ether oxygens (including phenoxy) is 7. The lowest BCUT2D eigenvalue weighted by Gasteiger charge is -2.73. The van der Waals surface area contributed by atoms with Crippen LogP contribution in [0.3, 0.4) is 0 Å².